The highest BCUT2D eigenvalue weighted by Gasteiger charge is 2.21. The van der Waals surface area contributed by atoms with Crippen molar-refractivity contribution in [3.63, 3.8) is 0 Å². The fourth-order valence-corrected chi connectivity index (χ4v) is 2.52. The van der Waals surface area contributed by atoms with Gasteiger partial charge in [-0.1, -0.05) is 20.3 Å². The Hall–Kier alpha value is -0.0800. The molecule has 1 rings (SSSR count). The maximum Gasteiger partial charge on any atom is 0.0222 e. The smallest absolute Gasteiger partial charge is 0.0222 e. The minimum Gasteiger partial charge on any atom is -0.305 e. The van der Waals surface area contributed by atoms with E-state index in [2.05, 4.69) is 30.7 Å². The first-order valence-electron chi connectivity index (χ1n) is 6.20. The van der Waals surface area contributed by atoms with Gasteiger partial charge in [0.05, 0.1) is 0 Å². The van der Waals surface area contributed by atoms with Gasteiger partial charge in [0.15, 0.2) is 0 Å². The zero-order valence-corrected chi connectivity index (χ0v) is 10.1. The highest BCUT2D eigenvalue weighted by molar-refractivity contribution is 4.78. The Morgan fingerprint density at radius 3 is 2.71 bits per heavy atom. The molecular formula is C12H26N2. The van der Waals surface area contributed by atoms with E-state index in [1.807, 2.05) is 0 Å². The second-order valence-electron chi connectivity index (χ2n) is 4.54. The largest absolute Gasteiger partial charge is 0.305 e. The van der Waals surface area contributed by atoms with Crippen molar-refractivity contribution >= 4 is 0 Å². The maximum absolute atomic E-state index is 2.65. The Labute approximate surface area is 89.3 Å². The van der Waals surface area contributed by atoms with Crippen molar-refractivity contribution in [2.45, 2.75) is 45.6 Å². The van der Waals surface area contributed by atoms with Crippen molar-refractivity contribution in [1.29, 1.82) is 0 Å². The molecule has 1 heterocycles. The van der Waals surface area contributed by atoms with Crippen molar-refractivity contribution in [3.05, 3.63) is 0 Å². The Morgan fingerprint density at radius 1 is 1.29 bits per heavy atom. The molecule has 0 aliphatic carbocycles. The molecule has 1 aliphatic heterocycles. The lowest BCUT2D eigenvalue weighted by atomic mass is 10.0. The third kappa shape index (κ3) is 3.58. The van der Waals surface area contributed by atoms with Crippen LogP contribution in [0.3, 0.4) is 0 Å². The molecule has 0 saturated carbocycles. The highest BCUT2D eigenvalue weighted by atomic mass is 15.2. The first kappa shape index (κ1) is 12.0. The molecule has 1 aliphatic rings. The molecule has 1 unspecified atom stereocenters. The summed E-state index contributed by atoms with van der Waals surface area (Å²) in [6.45, 7) is 9.61. The van der Waals surface area contributed by atoms with Gasteiger partial charge in [-0.05, 0) is 45.9 Å². The quantitative estimate of drug-likeness (QED) is 0.668. The molecule has 0 amide bonds. The van der Waals surface area contributed by atoms with Gasteiger partial charge < -0.3 is 4.90 Å². The van der Waals surface area contributed by atoms with E-state index in [-0.39, 0.29) is 0 Å². The van der Waals surface area contributed by atoms with Crippen molar-refractivity contribution in [1.82, 2.24) is 9.80 Å². The zero-order chi connectivity index (χ0) is 10.4. The van der Waals surface area contributed by atoms with Gasteiger partial charge in [-0.25, -0.2) is 0 Å². The van der Waals surface area contributed by atoms with Gasteiger partial charge in [-0.15, -0.1) is 0 Å². The van der Waals surface area contributed by atoms with E-state index in [0.29, 0.717) is 0 Å². The van der Waals surface area contributed by atoms with Crippen LogP contribution in [0.15, 0.2) is 0 Å². The Kier molecular flexibility index (Phi) is 5.49. The monoisotopic (exact) mass is 198 g/mol. The summed E-state index contributed by atoms with van der Waals surface area (Å²) >= 11 is 0. The Morgan fingerprint density at radius 2 is 2.07 bits per heavy atom. The normalized spacial score (nSPS) is 24.4. The minimum atomic E-state index is 0.824. The predicted octanol–water partition coefficient (Wildman–Crippen LogP) is 2.20. The highest BCUT2D eigenvalue weighted by Crippen LogP contribution is 2.17. The molecule has 2 heteroatoms. The van der Waals surface area contributed by atoms with E-state index in [9.17, 15) is 0 Å². The number of nitrogens with zero attached hydrogens (tertiary/aromatic N) is 2. The number of hydrogen-bond acceptors (Lipinski definition) is 2. The zero-order valence-electron chi connectivity index (χ0n) is 10.1. The summed E-state index contributed by atoms with van der Waals surface area (Å²) in [6, 6.07) is 0.824. The topological polar surface area (TPSA) is 6.48 Å². The number of likely N-dealkylation sites (tertiary alicyclic amines) is 1. The third-order valence-electron chi connectivity index (χ3n) is 3.28. The molecule has 2 nitrogen and oxygen atoms in total. The molecule has 1 fully saturated rings. The lowest BCUT2D eigenvalue weighted by molar-refractivity contribution is 0.120. The fourth-order valence-electron chi connectivity index (χ4n) is 2.52. The Balaban J connectivity index is 2.32. The molecule has 0 aromatic heterocycles. The third-order valence-corrected chi connectivity index (χ3v) is 3.28. The minimum absolute atomic E-state index is 0.824. The van der Waals surface area contributed by atoms with Crippen molar-refractivity contribution in [2.75, 3.05) is 33.2 Å². The van der Waals surface area contributed by atoms with Crippen LogP contribution in [0.2, 0.25) is 0 Å². The van der Waals surface area contributed by atoms with Gasteiger partial charge in [0.1, 0.15) is 0 Å². The lowest BCUT2D eigenvalue weighted by Gasteiger charge is -2.37. The van der Waals surface area contributed by atoms with Crippen molar-refractivity contribution in [3.8, 4) is 0 Å². The number of piperidine rings is 1. The molecule has 0 aromatic rings. The van der Waals surface area contributed by atoms with Crippen LogP contribution in [-0.4, -0.2) is 49.1 Å². The number of hydrogen-bond donors (Lipinski definition) is 0. The molecule has 0 radical (unpaired) electrons. The molecule has 0 spiro atoms. The van der Waals surface area contributed by atoms with Crippen molar-refractivity contribution in [2.24, 2.45) is 0 Å². The molecule has 1 saturated heterocycles. The molecule has 0 N–H and O–H groups in total. The maximum atomic E-state index is 2.65. The van der Waals surface area contributed by atoms with Gasteiger partial charge in [0, 0.05) is 12.6 Å². The molecule has 0 bridgehead atoms. The van der Waals surface area contributed by atoms with Crippen LogP contribution in [0.25, 0.3) is 0 Å². The summed E-state index contributed by atoms with van der Waals surface area (Å²) in [6.07, 6.45) is 5.51. The van der Waals surface area contributed by atoms with Crippen LogP contribution in [0.4, 0.5) is 0 Å². The lowest BCUT2D eigenvalue weighted by Crippen LogP contribution is -2.45. The second-order valence-corrected chi connectivity index (χ2v) is 4.54. The average Bonchev–Trinajstić information content (AvgIpc) is 2.19. The summed E-state index contributed by atoms with van der Waals surface area (Å²) in [5.74, 6) is 0. The van der Waals surface area contributed by atoms with E-state index in [1.54, 1.807) is 0 Å². The number of likely N-dealkylation sites (N-methyl/N-ethyl adjacent to an activating group) is 2. The SMILES string of the molecule is CCCN(C)CC1CCCCN1CC. The van der Waals surface area contributed by atoms with Crippen LogP contribution in [-0.2, 0) is 0 Å². The van der Waals surface area contributed by atoms with Gasteiger partial charge in [-0.2, -0.15) is 0 Å². The van der Waals surface area contributed by atoms with E-state index in [4.69, 9.17) is 0 Å². The summed E-state index contributed by atoms with van der Waals surface area (Å²) in [4.78, 5) is 5.13. The van der Waals surface area contributed by atoms with E-state index in [1.165, 1.54) is 51.9 Å². The summed E-state index contributed by atoms with van der Waals surface area (Å²) in [5.41, 5.74) is 0. The van der Waals surface area contributed by atoms with Gasteiger partial charge >= 0.3 is 0 Å². The molecule has 1 atom stereocenters. The first-order valence-corrected chi connectivity index (χ1v) is 6.20. The van der Waals surface area contributed by atoms with Crippen LogP contribution >= 0.6 is 0 Å². The summed E-state index contributed by atoms with van der Waals surface area (Å²) < 4.78 is 0. The standard InChI is InChI=1S/C12H26N2/c1-4-9-13(3)11-12-8-6-7-10-14(12)5-2/h12H,4-11H2,1-3H3. The van der Waals surface area contributed by atoms with E-state index >= 15 is 0 Å². The first-order chi connectivity index (χ1) is 6.77. The van der Waals surface area contributed by atoms with Crippen LogP contribution in [0, 0.1) is 0 Å². The predicted molar refractivity (Wildman–Crippen MR) is 62.7 cm³/mol. The molecule has 0 aromatic carbocycles. The van der Waals surface area contributed by atoms with Gasteiger partial charge in [0.25, 0.3) is 0 Å². The summed E-state index contributed by atoms with van der Waals surface area (Å²) in [5, 5.41) is 0. The van der Waals surface area contributed by atoms with E-state index in [0.717, 1.165) is 6.04 Å². The van der Waals surface area contributed by atoms with Crippen molar-refractivity contribution < 1.29 is 0 Å². The fraction of sp³-hybridized carbons (Fsp3) is 1.00. The van der Waals surface area contributed by atoms with Gasteiger partial charge in [0.2, 0.25) is 0 Å². The number of rotatable bonds is 5. The van der Waals surface area contributed by atoms with Crippen LogP contribution in [0.1, 0.15) is 39.5 Å². The molecule has 14 heavy (non-hydrogen) atoms. The van der Waals surface area contributed by atoms with E-state index < -0.39 is 0 Å². The Bertz CT molecular complexity index is 147. The molecule has 84 valence electrons. The average molecular weight is 198 g/mol. The van der Waals surface area contributed by atoms with Crippen LogP contribution < -0.4 is 0 Å². The van der Waals surface area contributed by atoms with Gasteiger partial charge in [-0.3, -0.25) is 4.90 Å². The second kappa shape index (κ2) is 6.41. The summed E-state index contributed by atoms with van der Waals surface area (Å²) in [7, 11) is 2.26. The molecular weight excluding hydrogens is 172 g/mol. The van der Waals surface area contributed by atoms with Crippen LogP contribution in [0.5, 0.6) is 0 Å².